The second-order valence-electron chi connectivity index (χ2n) is 4.22. The summed E-state index contributed by atoms with van der Waals surface area (Å²) in [4.78, 5) is 0. The highest BCUT2D eigenvalue weighted by molar-refractivity contribution is 6.31. The Morgan fingerprint density at radius 1 is 0.941 bits per heavy atom. The van der Waals surface area contributed by atoms with Crippen LogP contribution in [0.3, 0.4) is 0 Å². The number of halogens is 1. The molecule has 88 valence electrons. The minimum absolute atomic E-state index is 0.336. The van der Waals surface area contributed by atoms with Crippen molar-refractivity contribution >= 4 is 11.6 Å². The molecule has 0 spiro atoms. The van der Waals surface area contributed by atoms with E-state index in [1.165, 1.54) is 0 Å². The number of rotatable bonds is 3. The van der Waals surface area contributed by atoms with Gasteiger partial charge in [0.05, 0.1) is 0 Å². The van der Waals surface area contributed by atoms with Gasteiger partial charge in [-0.2, -0.15) is 0 Å². The quantitative estimate of drug-likeness (QED) is 0.718. The minimum atomic E-state index is 0.336. The molecule has 0 saturated heterocycles. The van der Waals surface area contributed by atoms with Crippen molar-refractivity contribution in [2.24, 2.45) is 0 Å². The van der Waals surface area contributed by atoms with Crippen LogP contribution < -0.4 is 4.74 Å². The summed E-state index contributed by atoms with van der Waals surface area (Å²) < 4.78 is 5.87. The molecule has 0 bridgehead atoms. The predicted molar refractivity (Wildman–Crippen MR) is 72.1 cm³/mol. The fourth-order valence-electron chi connectivity index (χ4n) is 1.78. The zero-order valence-corrected chi connectivity index (χ0v) is 10.7. The topological polar surface area (TPSA) is 9.23 Å². The van der Waals surface area contributed by atoms with E-state index in [4.69, 9.17) is 16.3 Å². The Morgan fingerprint density at radius 2 is 1.65 bits per heavy atom. The van der Waals surface area contributed by atoms with E-state index < -0.39 is 0 Å². The number of hydrogen-bond acceptors (Lipinski definition) is 1. The van der Waals surface area contributed by atoms with E-state index in [0.29, 0.717) is 5.92 Å². The highest BCUT2D eigenvalue weighted by Crippen LogP contribution is 2.35. The van der Waals surface area contributed by atoms with Crippen LogP contribution in [0.5, 0.6) is 11.5 Å². The molecule has 2 rings (SSSR count). The predicted octanol–water partition coefficient (Wildman–Crippen LogP) is 5.26. The van der Waals surface area contributed by atoms with Gasteiger partial charge in [0.1, 0.15) is 11.5 Å². The molecule has 0 N–H and O–H groups in total. The van der Waals surface area contributed by atoms with Crippen molar-refractivity contribution in [2.45, 2.75) is 19.8 Å². The van der Waals surface area contributed by atoms with E-state index in [1.807, 2.05) is 48.5 Å². The third kappa shape index (κ3) is 2.80. The molecule has 1 nitrogen and oxygen atoms in total. The summed E-state index contributed by atoms with van der Waals surface area (Å²) in [5, 5.41) is 0.758. The second kappa shape index (κ2) is 5.24. The molecule has 0 saturated carbocycles. The molecule has 0 amide bonds. The van der Waals surface area contributed by atoms with Crippen LogP contribution in [-0.4, -0.2) is 0 Å². The zero-order chi connectivity index (χ0) is 12.3. The van der Waals surface area contributed by atoms with Gasteiger partial charge in [-0.25, -0.2) is 0 Å². The van der Waals surface area contributed by atoms with E-state index in [-0.39, 0.29) is 0 Å². The number of hydrogen-bond donors (Lipinski definition) is 0. The molecule has 0 aliphatic rings. The van der Waals surface area contributed by atoms with Gasteiger partial charge in [0.25, 0.3) is 0 Å². The number of benzene rings is 2. The third-order valence-corrected chi connectivity index (χ3v) is 2.89. The van der Waals surface area contributed by atoms with E-state index in [0.717, 1.165) is 22.1 Å². The summed E-state index contributed by atoms with van der Waals surface area (Å²) in [5.74, 6) is 2.00. The van der Waals surface area contributed by atoms with E-state index in [1.54, 1.807) is 0 Å². The molecule has 0 unspecified atom stereocenters. The van der Waals surface area contributed by atoms with Gasteiger partial charge < -0.3 is 4.74 Å². The van der Waals surface area contributed by atoms with Crippen LogP contribution in [0.4, 0.5) is 0 Å². The molecule has 0 aliphatic heterocycles. The molecule has 17 heavy (non-hydrogen) atoms. The monoisotopic (exact) mass is 246 g/mol. The van der Waals surface area contributed by atoms with E-state index in [2.05, 4.69) is 13.8 Å². The Labute approximate surface area is 107 Å². The molecular formula is C15H15ClO. The normalized spacial score (nSPS) is 10.6. The zero-order valence-electron chi connectivity index (χ0n) is 9.98. The van der Waals surface area contributed by atoms with Gasteiger partial charge in [-0.05, 0) is 30.2 Å². The van der Waals surface area contributed by atoms with Crippen molar-refractivity contribution in [3.63, 3.8) is 0 Å². The van der Waals surface area contributed by atoms with Crippen molar-refractivity contribution in [1.29, 1.82) is 0 Å². The van der Waals surface area contributed by atoms with E-state index in [9.17, 15) is 0 Å². The van der Waals surface area contributed by atoms with Crippen LogP contribution in [0.15, 0.2) is 48.5 Å². The standard InChI is InChI=1S/C15H15ClO/c1-11(2)15-13(16)9-6-10-14(15)17-12-7-4-3-5-8-12/h3-11H,1-2H3. The Morgan fingerprint density at radius 3 is 2.29 bits per heavy atom. The van der Waals surface area contributed by atoms with Gasteiger partial charge in [-0.15, -0.1) is 0 Å². The summed E-state index contributed by atoms with van der Waals surface area (Å²) in [6, 6.07) is 15.5. The molecule has 0 aliphatic carbocycles. The first kappa shape index (κ1) is 12.0. The molecule has 0 atom stereocenters. The summed E-state index contributed by atoms with van der Waals surface area (Å²) >= 11 is 6.21. The Bertz CT molecular complexity index is 492. The van der Waals surface area contributed by atoms with Crippen LogP contribution in [0.1, 0.15) is 25.3 Å². The van der Waals surface area contributed by atoms with Crippen molar-refractivity contribution in [2.75, 3.05) is 0 Å². The van der Waals surface area contributed by atoms with Crippen molar-refractivity contribution in [1.82, 2.24) is 0 Å². The third-order valence-electron chi connectivity index (χ3n) is 2.56. The lowest BCUT2D eigenvalue weighted by Crippen LogP contribution is -1.94. The summed E-state index contributed by atoms with van der Waals surface area (Å²) in [6.45, 7) is 4.22. The lowest BCUT2D eigenvalue weighted by molar-refractivity contribution is 0.473. The van der Waals surface area contributed by atoms with Crippen LogP contribution in [0.2, 0.25) is 5.02 Å². The molecule has 2 heteroatoms. The Hall–Kier alpha value is -1.47. The molecule has 2 aromatic carbocycles. The fraction of sp³-hybridized carbons (Fsp3) is 0.200. The van der Waals surface area contributed by atoms with Gasteiger partial charge in [0, 0.05) is 10.6 Å². The van der Waals surface area contributed by atoms with Gasteiger partial charge in [0.15, 0.2) is 0 Å². The molecule has 0 radical (unpaired) electrons. The number of ether oxygens (including phenoxy) is 1. The Balaban J connectivity index is 2.36. The maximum atomic E-state index is 6.21. The molecule has 0 aromatic heterocycles. The maximum absolute atomic E-state index is 6.21. The smallest absolute Gasteiger partial charge is 0.132 e. The fourth-order valence-corrected chi connectivity index (χ4v) is 2.17. The Kier molecular flexibility index (Phi) is 3.70. The summed E-state index contributed by atoms with van der Waals surface area (Å²) in [6.07, 6.45) is 0. The van der Waals surface area contributed by atoms with Crippen LogP contribution >= 0.6 is 11.6 Å². The van der Waals surface area contributed by atoms with Crippen LogP contribution in [-0.2, 0) is 0 Å². The lowest BCUT2D eigenvalue weighted by Gasteiger charge is -2.15. The van der Waals surface area contributed by atoms with Crippen LogP contribution in [0.25, 0.3) is 0 Å². The average Bonchev–Trinajstić information content (AvgIpc) is 2.30. The first-order chi connectivity index (χ1) is 8.18. The van der Waals surface area contributed by atoms with Gasteiger partial charge in [0.2, 0.25) is 0 Å². The van der Waals surface area contributed by atoms with Gasteiger partial charge >= 0.3 is 0 Å². The minimum Gasteiger partial charge on any atom is -0.457 e. The summed E-state index contributed by atoms with van der Waals surface area (Å²) in [5.41, 5.74) is 1.05. The first-order valence-corrected chi connectivity index (χ1v) is 6.07. The van der Waals surface area contributed by atoms with Crippen LogP contribution in [0, 0.1) is 0 Å². The molecule has 0 fully saturated rings. The highest BCUT2D eigenvalue weighted by Gasteiger charge is 2.12. The second-order valence-corrected chi connectivity index (χ2v) is 4.63. The molecule has 0 heterocycles. The maximum Gasteiger partial charge on any atom is 0.132 e. The molecule has 2 aromatic rings. The lowest BCUT2D eigenvalue weighted by atomic mass is 10.0. The first-order valence-electron chi connectivity index (χ1n) is 5.70. The van der Waals surface area contributed by atoms with Gasteiger partial charge in [-0.1, -0.05) is 49.7 Å². The van der Waals surface area contributed by atoms with Crippen molar-refractivity contribution in [3.05, 3.63) is 59.1 Å². The largest absolute Gasteiger partial charge is 0.457 e. The number of para-hydroxylation sites is 1. The average molecular weight is 247 g/mol. The van der Waals surface area contributed by atoms with Crippen molar-refractivity contribution < 1.29 is 4.74 Å². The highest BCUT2D eigenvalue weighted by atomic mass is 35.5. The van der Waals surface area contributed by atoms with Gasteiger partial charge in [-0.3, -0.25) is 0 Å². The van der Waals surface area contributed by atoms with E-state index >= 15 is 0 Å². The summed E-state index contributed by atoms with van der Waals surface area (Å²) in [7, 11) is 0. The molecular weight excluding hydrogens is 232 g/mol. The van der Waals surface area contributed by atoms with Crippen molar-refractivity contribution in [3.8, 4) is 11.5 Å². The SMILES string of the molecule is CC(C)c1c(Cl)cccc1Oc1ccccc1.